The van der Waals surface area contributed by atoms with E-state index in [-0.39, 0.29) is 11.4 Å². The molecule has 0 saturated heterocycles. The predicted molar refractivity (Wildman–Crippen MR) is 105 cm³/mol. The molecule has 0 radical (unpaired) electrons. The van der Waals surface area contributed by atoms with Gasteiger partial charge in [0.15, 0.2) is 0 Å². The summed E-state index contributed by atoms with van der Waals surface area (Å²) >= 11 is 0. The van der Waals surface area contributed by atoms with Crippen molar-refractivity contribution < 1.29 is 9.32 Å². The zero-order valence-electron chi connectivity index (χ0n) is 16.6. The van der Waals surface area contributed by atoms with E-state index in [1.807, 2.05) is 6.92 Å². The minimum absolute atomic E-state index is 0.00711. The highest BCUT2D eigenvalue weighted by Crippen LogP contribution is 2.55. The van der Waals surface area contributed by atoms with E-state index in [1.165, 1.54) is 51.4 Å². The lowest BCUT2D eigenvalue weighted by Crippen LogP contribution is -2.59. The van der Waals surface area contributed by atoms with E-state index in [4.69, 9.17) is 4.52 Å². The zero-order valence-corrected chi connectivity index (χ0v) is 16.6. The van der Waals surface area contributed by atoms with Gasteiger partial charge in [0.2, 0.25) is 5.76 Å². The van der Waals surface area contributed by atoms with Crippen LogP contribution in [-0.4, -0.2) is 23.1 Å². The van der Waals surface area contributed by atoms with Crippen LogP contribution in [0.3, 0.4) is 0 Å². The molecule has 4 bridgehead atoms. The molecule has 0 atom stereocenters. The Balaban J connectivity index is 1.28. The third kappa shape index (κ3) is 3.38. The van der Waals surface area contributed by atoms with E-state index >= 15 is 0 Å². The van der Waals surface area contributed by atoms with Gasteiger partial charge >= 0.3 is 0 Å². The van der Waals surface area contributed by atoms with E-state index in [1.54, 1.807) is 0 Å². The molecule has 5 saturated carbocycles. The molecular weight excluding hydrogens is 338 g/mol. The topological polar surface area (TPSA) is 67.2 Å². The monoisotopic (exact) mass is 371 g/mol. The number of aryl methyl sites for hydroxylation is 1. The maximum atomic E-state index is 13.1. The largest absolute Gasteiger partial charge is 0.380 e. The fourth-order valence-corrected chi connectivity index (χ4v) is 6.93. The summed E-state index contributed by atoms with van der Waals surface area (Å²) in [6, 6.07) is 0. The molecule has 0 unspecified atom stereocenters. The lowest BCUT2D eigenvalue weighted by molar-refractivity contribution is -0.0172. The summed E-state index contributed by atoms with van der Waals surface area (Å²) in [4.78, 5) is 13.1. The fraction of sp³-hybridized carbons (Fsp3) is 0.818. The summed E-state index contributed by atoms with van der Waals surface area (Å²) in [6.07, 6.45) is 14.2. The van der Waals surface area contributed by atoms with E-state index in [0.29, 0.717) is 11.7 Å². The molecule has 1 aromatic heterocycles. The van der Waals surface area contributed by atoms with Gasteiger partial charge in [-0.3, -0.25) is 4.79 Å². The van der Waals surface area contributed by atoms with Gasteiger partial charge in [0.25, 0.3) is 5.91 Å². The first-order chi connectivity index (χ1) is 13.1. The molecule has 5 fully saturated rings. The first kappa shape index (κ1) is 17.6. The number of anilines is 1. The molecule has 5 aliphatic carbocycles. The number of carbonyl (C=O) groups is 1. The Hall–Kier alpha value is -1.52. The van der Waals surface area contributed by atoms with Crippen molar-refractivity contribution in [1.82, 2.24) is 10.5 Å². The van der Waals surface area contributed by atoms with Crippen LogP contribution in [0.2, 0.25) is 0 Å². The lowest BCUT2D eigenvalue weighted by atomic mass is 9.53. The fourth-order valence-electron chi connectivity index (χ4n) is 6.93. The standard InChI is InChI=1S/C22H33N3O2/c1-14-19(23-13-15-5-3-2-4-6-15)20(27-25-14)21(26)24-22-10-16-7-17(11-22)9-18(8-16)12-22/h15-18,23H,2-13H2,1H3,(H,24,26). The molecule has 5 aliphatic rings. The molecule has 148 valence electrons. The zero-order chi connectivity index (χ0) is 18.4. The summed E-state index contributed by atoms with van der Waals surface area (Å²) in [5.74, 6) is 3.47. The maximum Gasteiger partial charge on any atom is 0.292 e. The second-order valence-electron chi connectivity index (χ2n) is 10.0. The second-order valence-corrected chi connectivity index (χ2v) is 10.0. The minimum Gasteiger partial charge on any atom is -0.380 e. The highest BCUT2D eigenvalue weighted by molar-refractivity contribution is 5.97. The third-order valence-electron chi connectivity index (χ3n) is 7.78. The maximum absolute atomic E-state index is 13.1. The van der Waals surface area contributed by atoms with Crippen molar-refractivity contribution in [2.45, 2.75) is 83.1 Å². The van der Waals surface area contributed by atoms with Gasteiger partial charge in [0.1, 0.15) is 11.4 Å². The smallest absolute Gasteiger partial charge is 0.292 e. The number of hydrogen-bond donors (Lipinski definition) is 2. The first-order valence-corrected chi connectivity index (χ1v) is 11.1. The number of aromatic nitrogens is 1. The number of nitrogens with one attached hydrogen (secondary N) is 2. The van der Waals surface area contributed by atoms with Gasteiger partial charge in [-0.15, -0.1) is 0 Å². The van der Waals surface area contributed by atoms with Crippen LogP contribution in [0.4, 0.5) is 5.69 Å². The minimum atomic E-state index is -0.0660. The molecule has 6 rings (SSSR count). The summed E-state index contributed by atoms with van der Waals surface area (Å²) in [7, 11) is 0. The van der Waals surface area contributed by atoms with Gasteiger partial charge in [-0.25, -0.2) is 0 Å². The van der Waals surface area contributed by atoms with Crippen molar-refractivity contribution in [2.24, 2.45) is 23.7 Å². The number of amides is 1. The molecule has 1 amide bonds. The number of hydrogen-bond acceptors (Lipinski definition) is 4. The number of nitrogens with zero attached hydrogens (tertiary/aromatic N) is 1. The highest BCUT2D eigenvalue weighted by Gasteiger charge is 2.51. The first-order valence-electron chi connectivity index (χ1n) is 11.1. The van der Waals surface area contributed by atoms with E-state index in [0.717, 1.165) is 54.9 Å². The third-order valence-corrected chi connectivity index (χ3v) is 7.78. The number of rotatable bonds is 5. The van der Waals surface area contributed by atoms with E-state index in [9.17, 15) is 4.79 Å². The Labute approximate surface area is 162 Å². The summed E-state index contributed by atoms with van der Waals surface area (Å²) < 4.78 is 5.49. The molecule has 1 heterocycles. The molecule has 5 heteroatoms. The molecular formula is C22H33N3O2. The van der Waals surface area contributed by atoms with Gasteiger partial charge in [-0.1, -0.05) is 24.4 Å². The van der Waals surface area contributed by atoms with Crippen LogP contribution in [-0.2, 0) is 0 Å². The summed E-state index contributed by atoms with van der Waals surface area (Å²) in [5.41, 5.74) is 1.61. The van der Waals surface area contributed by atoms with E-state index in [2.05, 4.69) is 15.8 Å². The molecule has 27 heavy (non-hydrogen) atoms. The average molecular weight is 372 g/mol. The Morgan fingerprint density at radius 1 is 1.07 bits per heavy atom. The summed E-state index contributed by atoms with van der Waals surface area (Å²) in [6.45, 7) is 2.84. The van der Waals surface area contributed by atoms with Crippen molar-refractivity contribution in [3.05, 3.63) is 11.5 Å². The van der Waals surface area contributed by atoms with Crippen LogP contribution < -0.4 is 10.6 Å². The van der Waals surface area contributed by atoms with Crippen LogP contribution >= 0.6 is 0 Å². The van der Waals surface area contributed by atoms with Crippen molar-refractivity contribution in [3.8, 4) is 0 Å². The van der Waals surface area contributed by atoms with Crippen LogP contribution in [0.15, 0.2) is 4.52 Å². The lowest BCUT2D eigenvalue weighted by Gasteiger charge is -2.56. The molecule has 5 nitrogen and oxygen atoms in total. The van der Waals surface area contributed by atoms with Crippen molar-refractivity contribution in [1.29, 1.82) is 0 Å². The Morgan fingerprint density at radius 2 is 1.70 bits per heavy atom. The van der Waals surface area contributed by atoms with Gasteiger partial charge in [-0.2, -0.15) is 0 Å². The molecule has 0 aromatic carbocycles. The van der Waals surface area contributed by atoms with Gasteiger partial charge < -0.3 is 15.2 Å². The quantitative estimate of drug-likeness (QED) is 0.789. The molecule has 2 N–H and O–H groups in total. The molecule has 1 aromatic rings. The van der Waals surface area contributed by atoms with Crippen LogP contribution in [0.1, 0.15) is 86.9 Å². The van der Waals surface area contributed by atoms with Gasteiger partial charge in [0, 0.05) is 12.1 Å². The Kier molecular flexibility index (Phi) is 4.44. The SMILES string of the molecule is Cc1noc(C(=O)NC23CC4CC(CC(C4)C2)C3)c1NCC1CCCCC1. The number of carbonyl (C=O) groups excluding carboxylic acids is 1. The van der Waals surface area contributed by atoms with Crippen LogP contribution in [0, 0.1) is 30.6 Å². The highest BCUT2D eigenvalue weighted by atomic mass is 16.5. The summed E-state index contributed by atoms with van der Waals surface area (Å²) in [5, 5.41) is 11.0. The predicted octanol–water partition coefficient (Wildman–Crippen LogP) is 4.67. The van der Waals surface area contributed by atoms with Crippen LogP contribution in [0.25, 0.3) is 0 Å². The van der Waals surface area contributed by atoms with Gasteiger partial charge in [0.05, 0.1) is 0 Å². The average Bonchev–Trinajstić information content (AvgIpc) is 3.00. The Morgan fingerprint density at radius 3 is 2.33 bits per heavy atom. The van der Waals surface area contributed by atoms with Crippen molar-refractivity contribution in [2.75, 3.05) is 11.9 Å². The van der Waals surface area contributed by atoms with E-state index < -0.39 is 0 Å². The van der Waals surface area contributed by atoms with Gasteiger partial charge in [-0.05, 0) is 82.0 Å². The molecule has 0 spiro atoms. The second kappa shape index (κ2) is 6.82. The Bertz CT molecular complexity index is 669. The van der Waals surface area contributed by atoms with Crippen LogP contribution in [0.5, 0.6) is 0 Å². The normalized spacial score (nSPS) is 35.4. The van der Waals surface area contributed by atoms with Crippen molar-refractivity contribution in [3.63, 3.8) is 0 Å². The van der Waals surface area contributed by atoms with Crippen molar-refractivity contribution >= 4 is 11.6 Å². The molecule has 0 aliphatic heterocycles.